The Labute approximate surface area is 220 Å². The first-order chi connectivity index (χ1) is 16.8. The highest BCUT2D eigenvalue weighted by Gasteiger charge is 2.35. The van der Waals surface area contributed by atoms with Crippen molar-refractivity contribution in [1.29, 1.82) is 0 Å². The first-order valence-electron chi connectivity index (χ1n) is 10.5. The van der Waals surface area contributed by atoms with Crippen molar-refractivity contribution in [3.63, 3.8) is 0 Å². The van der Waals surface area contributed by atoms with Gasteiger partial charge in [-0.2, -0.15) is 0 Å². The van der Waals surface area contributed by atoms with Gasteiger partial charge in [-0.3, -0.25) is 14.5 Å². The zero-order valence-corrected chi connectivity index (χ0v) is 21.7. The van der Waals surface area contributed by atoms with Crippen LogP contribution in [0, 0.1) is 6.92 Å². The quantitative estimate of drug-likeness (QED) is 0.177. The Morgan fingerprint density at radius 3 is 2.54 bits per heavy atom. The average Bonchev–Trinajstić information content (AvgIpc) is 3.09. The van der Waals surface area contributed by atoms with E-state index in [1.54, 1.807) is 60.7 Å². The predicted octanol–water partition coefficient (Wildman–Crippen LogP) is 6.75. The molecule has 1 aliphatic heterocycles. The number of halogens is 2. The predicted molar refractivity (Wildman–Crippen MR) is 140 cm³/mol. The number of nitrogens with zero attached hydrogens (tertiary/aromatic N) is 1. The standard InChI is InChI=1S/C26H19BrClNO5S/c1-16-6-8-17(9-7-16)25(31)34-21-11-10-19(27)14-18(21)15-23-24(30)29(26(32)35-23)12-13-33-22-5-3-2-4-20(22)28/h2-11,14-15H,12-13H2,1H3/b23-15-. The van der Waals surface area contributed by atoms with Gasteiger partial charge in [-0.1, -0.05) is 57.4 Å². The van der Waals surface area contributed by atoms with Crippen LogP contribution < -0.4 is 9.47 Å². The Morgan fingerprint density at radius 2 is 1.80 bits per heavy atom. The zero-order chi connectivity index (χ0) is 24.9. The molecule has 3 aromatic rings. The number of imide groups is 1. The number of hydrogen-bond donors (Lipinski definition) is 0. The topological polar surface area (TPSA) is 72.9 Å². The van der Waals surface area contributed by atoms with E-state index in [-0.39, 0.29) is 23.8 Å². The second kappa shape index (κ2) is 11.1. The van der Waals surface area contributed by atoms with E-state index in [9.17, 15) is 14.4 Å². The van der Waals surface area contributed by atoms with Crippen molar-refractivity contribution in [3.05, 3.63) is 97.8 Å². The van der Waals surface area contributed by atoms with E-state index in [1.165, 1.54) is 0 Å². The third kappa shape index (κ3) is 6.14. The smallest absolute Gasteiger partial charge is 0.343 e. The fourth-order valence-electron chi connectivity index (χ4n) is 3.22. The molecule has 9 heteroatoms. The molecule has 0 N–H and O–H groups in total. The molecule has 1 fully saturated rings. The van der Waals surface area contributed by atoms with Gasteiger partial charge in [-0.15, -0.1) is 0 Å². The molecular formula is C26H19BrClNO5S. The zero-order valence-electron chi connectivity index (χ0n) is 18.5. The summed E-state index contributed by atoms with van der Waals surface area (Å²) in [5.41, 5.74) is 1.92. The van der Waals surface area contributed by atoms with Crippen LogP contribution in [-0.4, -0.2) is 35.2 Å². The van der Waals surface area contributed by atoms with Gasteiger partial charge in [0.25, 0.3) is 11.1 Å². The van der Waals surface area contributed by atoms with Crippen LogP contribution in [0.15, 0.2) is 76.1 Å². The number of benzene rings is 3. The van der Waals surface area contributed by atoms with Crippen molar-refractivity contribution in [2.45, 2.75) is 6.92 Å². The number of esters is 1. The Bertz CT molecular complexity index is 1330. The molecule has 2 amide bonds. The van der Waals surface area contributed by atoms with Crippen LogP contribution in [0.1, 0.15) is 21.5 Å². The molecule has 1 heterocycles. The maximum absolute atomic E-state index is 12.9. The maximum atomic E-state index is 12.9. The fourth-order valence-corrected chi connectivity index (χ4v) is 4.64. The van der Waals surface area contributed by atoms with Crippen LogP contribution in [0.3, 0.4) is 0 Å². The monoisotopic (exact) mass is 571 g/mol. The number of hydrogen-bond acceptors (Lipinski definition) is 6. The molecule has 0 atom stereocenters. The number of thioether (sulfide) groups is 1. The summed E-state index contributed by atoms with van der Waals surface area (Å²) in [5.74, 6) is -0.219. The molecule has 0 saturated carbocycles. The first kappa shape index (κ1) is 25.0. The van der Waals surface area contributed by atoms with E-state index in [0.29, 0.717) is 21.9 Å². The third-order valence-corrected chi connectivity index (χ3v) is 6.74. The summed E-state index contributed by atoms with van der Waals surface area (Å²) in [7, 11) is 0. The highest BCUT2D eigenvalue weighted by Crippen LogP contribution is 2.35. The number of ether oxygens (including phenoxy) is 2. The van der Waals surface area contributed by atoms with Crippen LogP contribution in [0.25, 0.3) is 6.08 Å². The van der Waals surface area contributed by atoms with Crippen molar-refractivity contribution in [2.24, 2.45) is 0 Å². The number of aryl methyl sites for hydroxylation is 1. The van der Waals surface area contributed by atoms with Gasteiger partial charge in [-0.05, 0) is 67.2 Å². The van der Waals surface area contributed by atoms with E-state index in [2.05, 4.69) is 15.9 Å². The Morgan fingerprint density at radius 1 is 1.06 bits per heavy atom. The summed E-state index contributed by atoms with van der Waals surface area (Å²) in [6.45, 7) is 2.10. The lowest BCUT2D eigenvalue weighted by molar-refractivity contribution is -0.123. The van der Waals surface area contributed by atoms with Crippen molar-refractivity contribution in [3.8, 4) is 11.5 Å². The minimum atomic E-state index is -0.521. The Kier molecular flexibility index (Phi) is 7.95. The minimum Gasteiger partial charge on any atom is -0.490 e. The SMILES string of the molecule is Cc1ccc(C(=O)Oc2ccc(Br)cc2/C=C2\SC(=O)N(CCOc3ccccc3Cl)C2=O)cc1. The van der Waals surface area contributed by atoms with Crippen molar-refractivity contribution in [1.82, 2.24) is 4.90 Å². The molecule has 35 heavy (non-hydrogen) atoms. The summed E-state index contributed by atoms with van der Waals surface area (Å²) in [4.78, 5) is 39.4. The largest absolute Gasteiger partial charge is 0.490 e. The molecule has 4 rings (SSSR count). The van der Waals surface area contributed by atoms with Crippen molar-refractivity contribution >= 4 is 62.5 Å². The Hall–Kier alpha value is -3.07. The number of carbonyl (C=O) groups is 3. The maximum Gasteiger partial charge on any atom is 0.343 e. The first-order valence-corrected chi connectivity index (χ1v) is 12.5. The van der Waals surface area contributed by atoms with E-state index >= 15 is 0 Å². The van der Waals surface area contributed by atoms with Gasteiger partial charge >= 0.3 is 5.97 Å². The van der Waals surface area contributed by atoms with Gasteiger partial charge in [0.1, 0.15) is 18.1 Å². The highest BCUT2D eigenvalue weighted by molar-refractivity contribution is 9.10. The van der Waals surface area contributed by atoms with Crippen LogP contribution in [0.4, 0.5) is 4.79 Å². The molecule has 0 unspecified atom stereocenters. The average molecular weight is 573 g/mol. The van der Waals surface area contributed by atoms with E-state index in [1.807, 2.05) is 19.1 Å². The number of carbonyl (C=O) groups excluding carboxylic acids is 3. The molecule has 178 valence electrons. The lowest BCUT2D eigenvalue weighted by Crippen LogP contribution is -2.32. The molecule has 1 aliphatic rings. The van der Waals surface area contributed by atoms with Gasteiger partial charge in [0.2, 0.25) is 0 Å². The molecule has 0 aliphatic carbocycles. The second-order valence-corrected chi connectivity index (χ2v) is 9.87. The van der Waals surface area contributed by atoms with E-state index < -0.39 is 17.1 Å². The molecule has 0 aromatic heterocycles. The molecule has 0 spiro atoms. The molecule has 6 nitrogen and oxygen atoms in total. The lowest BCUT2D eigenvalue weighted by atomic mass is 10.1. The van der Waals surface area contributed by atoms with E-state index in [4.69, 9.17) is 21.1 Å². The van der Waals surface area contributed by atoms with Gasteiger partial charge in [-0.25, -0.2) is 4.79 Å². The summed E-state index contributed by atoms with van der Waals surface area (Å²) < 4.78 is 11.9. The number of amides is 2. The van der Waals surface area contributed by atoms with Crippen LogP contribution in [-0.2, 0) is 4.79 Å². The normalized spacial score (nSPS) is 14.5. The van der Waals surface area contributed by atoms with E-state index in [0.717, 1.165) is 26.7 Å². The fraction of sp³-hybridized carbons (Fsp3) is 0.115. The molecule has 0 radical (unpaired) electrons. The Balaban J connectivity index is 1.48. The highest BCUT2D eigenvalue weighted by atomic mass is 79.9. The molecule has 3 aromatic carbocycles. The number of rotatable bonds is 7. The van der Waals surface area contributed by atoms with Gasteiger partial charge in [0.05, 0.1) is 22.0 Å². The second-order valence-electron chi connectivity index (χ2n) is 7.55. The summed E-state index contributed by atoms with van der Waals surface area (Å²) in [6, 6.07) is 19.1. The van der Waals surface area contributed by atoms with Gasteiger partial charge in [0, 0.05) is 10.0 Å². The third-order valence-electron chi connectivity index (χ3n) is 5.03. The summed E-state index contributed by atoms with van der Waals surface area (Å²) >= 11 is 10.3. The van der Waals surface area contributed by atoms with Crippen LogP contribution in [0.5, 0.6) is 11.5 Å². The minimum absolute atomic E-state index is 0.0704. The summed E-state index contributed by atoms with van der Waals surface area (Å²) in [5, 5.41) is 0.0427. The number of para-hydroxylation sites is 1. The molecule has 0 bridgehead atoms. The lowest BCUT2D eigenvalue weighted by Gasteiger charge is -2.14. The van der Waals surface area contributed by atoms with Gasteiger partial charge < -0.3 is 9.47 Å². The summed E-state index contributed by atoms with van der Waals surface area (Å²) in [6.07, 6.45) is 1.54. The molecule has 1 saturated heterocycles. The van der Waals surface area contributed by atoms with Crippen LogP contribution >= 0.6 is 39.3 Å². The van der Waals surface area contributed by atoms with Crippen molar-refractivity contribution in [2.75, 3.05) is 13.2 Å². The van der Waals surface area contributed by atoms with Crippen LogP contribution in [0.2, 0.25) is 5.02 Å². The van der Waals surface area contributed by atoms with Crippen molar-refractivity contribution < 1.29 is 23.9 Å². The molecular weight excluding hydrogens is 554 g/mol. The van der Waals surface area contributed by atoms with Gasteiger partial charge in [0.15, 0.2) is 0 Å².